The van der Waals surface area contributed by atoms with Crippen LogP contribution in [-0.2, 0) is 6.54 Å². The number of halogens is 1. The molecule has 0 saturated heterocycles. The fraction of sp³-hybridized carbons (Fsp3) is 0.350. The third kappa shape index (κ3) is 3.90. The van der Waals surface area contributed by atoms with Gasteiger partial charge in [0.2, 0.25) is 0 Å². The molecule has 0 amide bonds. The van der Waals surface area contributed by atoms with Crippen molar-refractivity contribution in [3.8, 4) is 6.07 Å². The molecular formula is C20H21FN2. The SMILES string of the molecule is N#Cc1ccc(F)cc1CNc1ccc(C2CCCCC2)cc1. The Morgan fingerprint density at radius 2 is 1.78 bits per heavy atom. The number of nitrogens with one attached hydrogen (secondary N) is 1. The third-order valence-electron chi connectivity index (χ3n) is 4.66. The van der Waals surface area contributed by atoms with Gasteiger partial charge < -0.3 is 5.32 Å². The topological polar surface area (TPSA) is 35.8 Å². The summed E-state index contributed by atoms with van der Waals surface area (Å²) in [5.74, 6) is 0.389. The zero-order valence-corrected chi connectivity index (χ0v) is 13.2. The lowest BCUT2D eigenvalue weighted by atomic mass is 9.84. The van der Waals surface area contributed by atoms with Crippen LogP contribution in [0.3, 0.4) is 0 Å². The summed E-state index contributed by atoms with van der Waals surface area (Å²) in [4.78, 5) is 0. The molecule has 118 valence electrons. The van der Waals surface area contributed by atoms with E-state index in [1.807, 2.05) is 0 Å². The van der Waals surface area contributed by atoms with Gasteiger partial charge in [-0.2, -0.15) is 5.26 Å². The van der Waals surface area contributed by atoms with Crippen LogP contribution in [0.4, 0.5) is 10.1 Å². The molecule has 0 bridgehead atoms. The van der Waals surface area contributed by atoms with E-state index in [-0.39, 0.29) is 5.82 Å². The Morgan fingerprint density at radius 3 is 2.48 bits per heavy atom. The average molecular weight is 308 g/mol. The molecule has 0 aliphatic heterocycles. The number of anilines is 1. The smallest absolute Gasteiger partial charge is 0.123 e. The van der Waals surface area contributed by atoms with Gasteiger partial charge in [-0.25, -0.2) is 4.39 Å². The van der Waals surface area contributed by atoms with Gasteiger partial charge in [0.05, 0.1) is 11.6 Å². The van der Waals surface area contributed by atoms with Gasteiger partial charge in [0, 0.05) is 12.2 Å². The molecule has 0 atom stereocenters. The van der Waals surface area contributed by atoms with Crippen molar-refractivity contribution in [2.24, 2.45) is 0 Å². The molecule has 1 fully saturated rings. The second kappa shape index (κ2) is 7.28. The molecule has 1 saturated carbocycles. The molecule has 1 aliphatic carbocycles. The van der Waals surface area contributed by atoms with Crippen molar-refractivity contribution >= 4 is 5.69 Å². The number of nitrogens with zero attached hydrogens (tertiary/aromatic N) is 1. The van der Waals surface area contributed by atoms with Crippen molar-refractivity contribution in [3.05, 3.63) is 65.0 Å². The van der Waals surface area contributed by atoms with E-state index in [9.17, 15) is 4.39 Å². The number of hydrogen-bond acceptors (Lipinski definition) is 2. The largest absolute Gasteiger partial charge is 0.381 e. The minimum atomic E-state index is -0.312. The standard InChI is InChI=1S/C20H21FN2/c21-19-9-6-17(13-22)18(12-19)14-23-20-10-7-16(8-11-20)15-4-2-1-3-5-15/h6-12,15,23H,1-5,14H2. The van der Waals surface area contributed by atoms with Crippen LogP contribution in [0.2, 0.25) is 0 Å². The fourth-order valence-corrected chi connectivity index (χ4v) is 3.32. The lowest BCUT2D eigenvalue weighted by molar-refractivity contribution is 0.443. The maximum Gasteiger partial charge on any atom is 0.123 e. The van der Waals surface area contributed by atoms with E-state index in [0.717, 1.165) is 5.69 Å². The molecule has 2 aromatic rings. The summed E-state index contributed by atoms with van der Waals surface area (Å²) in [5.41, 5.74) is 3.61. The van der Waals surface area contributed by atoms with Gasteiger partial charge in [-0.1, -0.05) is 31.4 Å². The van der Waals surface area contributed by atoms with Crippen molar-refractivity contribution in [2.45, 2.75) is 44.6 Å². The summed E-state index contributed by atoms with van der Waals surface area (Å²) in [6.45, 7) is 0.448. The van der Waals surface area contributed by atoms with Gasteiger partial charge in [0.1, 0.15) is 5.82 Å². The van der Waals surface area contributed by atoms with Crippen molar-refractivity contribution in [1.29, 1.82) is 5.26 Å². The predicted molar refractivity (Wildman–Crippen MR) is 90.7 cm³/mol. The highest BCUT2D eigenvalue weighted by Gasteiger charge is 2.15. The van der Waals surface area contributed by atoms with E-state index < -0.39 is 0 Å². The average Bonchev–Trinajstić information content (AvgIpc) is 2.61. The molecule has 0 unspecified atom stereocenters. The van der Waals surface area contributed by atoms with Gasteiger partial charge in [-0.3, -0.25) is 0 Å². The molecule has 1 N–H and O–H groups in total. The summed E-state index contributed by atoms with van der Waals surface area (Å²) in [6, 6.07) is 14.9. The summed E-state index contributed by atoms with van der Waals surface area (Å²) < 4.78 is 13.3. The van der Waals surface area contributed by atoms with Crippen molar-refractivity contribution < 1.29 is 4.39 Å². The van der Waals surface area contributed by atoms with Crippen LogP contribution >= 0.6 is 0 Å². The molecule has 0 aromatic heterocycles. The molecule has 0 heterocycles. The Hall–Kier alpha value is -2.34. The predicted octanol–water partition coefficient (Wildman–Crippen LogP) is 5.36. The number of nitriles is 1. The van der Waals surface area contributed by atoms with E-state index in [1.165, 1.54) is 55.9 Å². The first-order chi connectivity index (χ1) is 11.3. The first-order valence-corrected chi connectivity index (χ1v) is 8.28. The Morgan fingerprint density at radius 1 is 1.04 bits per heavy atom. The maximum atomic E-state index is 13.3. The van der Waals surface area contributed by atoms with E-state index >= 15 is 0 Å². The van der Waals surface area contributed by atoms with Gasteiger partial charge in [0.25, 0.3) is 0 Å². The van der Waals surface area contributed by atoms with Crippen molar-refractivity contribution in [2.75, 3.05) is 5.32 Å². The molecular weight excluding hydrogens is 287 g/mol. The molecule has 3 heteroatoms. The summed E-state index contributed by atoms with van der Waals surface area (Å²) in [6.07, 6.45) is 6.62. The van der Waals surface area contributed by atoms with Crippen LogP contribution < -0.4 is 5.32 Å². The van der Waals surface area contributed by atoms with Crippen LogP contribution in [0.5, 0.6) is 0 Å². The van der Waals surface area contributed by atoms with Crippen LogP contribution in [0.15, 0.2) is 42.5 Å². The van der Waals surface area contributed by atoms with E-state index in [4.69, 9.17) is 5.26 Å². The fourth-order valence-electron chi connectivity index (χ4n) is 3.32. The highest BCUT2D eigenvalue weighted by atomic mass is 19.1. The molecule has 0 radical (unpaired) electrons. The van der Waals surface area contributed by atoms with E-state index in [2.05, 4.69) is 35.7 Å². The van der Waals surface area contributed by atoms with Gasteiger partial charge in [-0.15, -0.1) is 0 Å². The Kier molecular flexibility index (Phi) is 4.92. The number of rotatable bonds is 4. The Labute approximate surface area is 137 Å². The third-order valence-corrected chi connectivity index (χ3v) is 4.66. The van der Waals surface area contributed by atoms with Crippen LogP contribution in [0, 0.1) is 17.1 Å². The molecule has 3 rings (SSSR count). The summed E-state index contributed by atoms with van der Waals surface area (Å²) in [5, 5.41) is 12.4. The number of hydrogen-bond donors (Lipinski definition) is 1. The second-order valence-corrected chi connectivity index (χ2v) is 6.22. The Bertz CT molecular complexity index is 695. The summed E-state index contributed by atoms with van der Waals surface area (Å²) >= 11 is 0. The first-order valence-electron chi connectivity index (χ1n) is 8.28. The van der Waals surface area contributed by atoms with Gasteiger partial charge in [-0.05, 0) is 60.2 Å². The van der Waals surface area contributed by atoms with Gasteiger partial charge in [0.15, 0.2) is 0 Å². The monoisotopic (exact) mass is 308 g/mol. The van der Waals surface area contributed by atoms with Crippen LogP contribution in [0.25, 0.3) is 0 Å². The van der Waals surface area contributed by atoms with Crippen molar-refractivity contribution in [1.82, 2.24) is 0 Å². The zero-order chi connectivity index (χ0) is 16.1. The normalized spacial score (nSPS) is 15.1. The summed E-state index contributed by atoms with van der Waals surface area (Å²) in [7, 11) is 0. The molecule has 0 spiro atoms. The van der Waals surface area contributed by atoms with Gasteiger partial charge >= 0.3 is 0 Å². The van der Waals surface area contributed by atoms with Crippen molar-refractivity contribution in [3.63, 3.8) is 0 Å². The zero-order valence-electron chi connectivity index (χ0n) is 13.2. The quantitative estimate of drug-likeness (QED) is 0.825. The minimum absolute atomic E-state index is 0.312. The molecule has 23 heavy (non-hydrogen) atoms. The molecule has 2 aromatic carbocycles. The lowest BCUT2D eigenvalue weighted by Gasteiger charge is -2.22. The highest BCUT2D eigenvalue weighted by Crippen LogP contribution is 2.33. The second-order valence-electron chi connectivity index (χ2n) is 6.22. The van der Waals surface area contributed by atoms with Crippen LogP contribution in [0.1, 0.15) is 54.7 Å². The lowest BCUT2D eigenvalue weighted by Crippen LogP contribution is -2.05. The van der Waals surface area contributed by atoms with Crippen LogP contribution in [-0.4, -0.2) is 0 Å². The Balaban J connectivity index is 1.65. The van der Waals surface area contributed by atoms with E-state index in [1.54, 1.807) is 0 Å². The first kappa shape index (κ1) is 15.6. The van der Waals surface area contributed by atoms with E-state index in [0.29, 0.717) is 23.6 Å². The maximum absolute atomic E-state index is 13.3. The molecule has 2 nitrogen and oxygen atoms in total. The number of benzene rings is 2. The minimum Gasteiger partial charge on any atom is -0.381 e. The molecule has 1 aliphatic rings. The highest BCUT2D eigenvalue weighted by molar-refractivity contribution is 5.47.